The molecule has 1 amide bonds. The van der Waals surface area contributed by atoms with Gasteiger partial charge in [0.2, 0.25) is 5.91 Å². The largest absolute Gasteiger partial charge is 0.497 e. The third-order valence-electron chi connectivity index (χ3n) is 4.18. The van der Waals surface area contributed by atoms with Gasteiger partial charge >= 0.3 is 0 Å². The number of rotatable bonds is 5. The Labute approximate surface area is 126 Å². The van der Waals surface area contributed by atoms with Gasteiger partial charge in [0, 0.05) is 39.3 Å². The van der Waals surface area contributed by atoms with Crippen LogP contribution in [0.5, 0.6) is 5.75 Å². The molecule has 1 aliphatic rings. The third-order valence-corrected chi connectivity index (χ3v) is 4.18. The molecular weight excluding hydrogens is 266 g/mol. The molecule has 0 radical (unpaired) electrons. The van der Waals surface area contributed by atoms with E-state index in [1.54, 1.807) is 14.2 Å². The first-order chi connectivity index (χ1) is 10.1. The molecule has 116 valence electrons. The molecule has 5 heteroatoms. The Balaban J connectivity index is 1.90. The zero-order valence-electron chi connectivity index (χ0n) is 13.1. The second-order valence-corrected chi connectivity index (χ2v) is 5.44. The van der Waals surface area contributed by atoms with Gasteiger partial charge in [0.15, 0.2) is 0 Å². The van der Waals surface area contributed by atoms with Crippen molar-refractivity contribution in [2.24, 2.45) is 0 Å². The number of nitrogens with one attached hydrogen (secondary N) is 1. The molecule has 0 aliphatic carbocycles. The monoisotopic (exact) mass is 291 g/mol. The van der Waals surface area contributed by atoms with Gasteiger partial charge in [-0.2, -0.15) is 0 Å². The molecule has 5 nitrogen and oxygen atoms in total. The zero-order valence-corrected chi connectivity index (χ0v) is 13.1. The van der Waals surface area contributed by atoms with Gasteiger partial charge in [0.05, 0.1) is 13.7 Å². The summed E-state index contributed by atoms with van der Waals surface area (Å²) in [7, 11) is 3.38. The quantitative estimate of drug-likeness (QED) is 0.883. The molecule has 0 aromatic heterocycles. The smallest absolute Gasteiger partial charge is 0.233 e. The number of amides is 1. The number of carbonyl (C=O) groups excluding carboxylic acids is 1. The minimum Gasteiger partial charge on any atom is -0.497 e. The molecule has 1 N–H and O–H groups in total. The first-order valence-corrected chi connectivity index (χ1v) is 7.45. The molecule has 1 atom stereocenters. The molecule has 1 saturated heterocycles. The number of hydrogen-bond acceptors (Lipinski definition) is 4. The van der Waals surface area contributed by atoms with Crippen LogP contribution in [0.3, 0.4) is 0 Å². The van der Waals surface area contributed by atoms with Gasteiger partial charge in [-0.05, 0) is 24.6 Å². The molecule has 1 aromatic carbocycles. The first kappa shape index (κ1) is 15.8. The van der Waals surface area contributed by atoms with Crippen LogP contribution in [0, 0.1) is 0 Å². The van der Waals surface area contributed by atoms with E-state index < -0.39 is 0 Å². The van der Waals surface area contributed by atoms with Crippen LogP contribution in [0.15, 0.2) is 24.3 Å². The van der Waals surface area contributed by atoms with Crippen LogP contribution in [0.4, 0.5) is 0 Å². The maximum atomic E-state index is 11.4. The molecule has 1 unspecified atom stereocenters. The summed E-state index contributed by atoms with van der Waals surface area (Å²) in [6.45, 7) is 6.55. The summed E-state index contributed by atoms with van der Waals surface area (Å²) in [5.41, 5.74) is 1.27. The first-order valence-electron chi connectivity index (χ1n) is 7.45. The topological polar surface area (TPSA) is 44.8 Å². The second-order valence-electron chi connectivity index (χ2n) is 5.44. The summed E-state index contributed by atoms with van der Waals surface area (Å²) in [5, 5.41) is 2.68. The fourth-order valence-electron chi connectivity index (χ4n) is 2.70. The molecule has 1 aliphatic heterocycles. The van der Waals surface area contributed by atoms with E-state index in [2.05, 4.69) is 34.2 Å². The highest BCUT2D eigenvalue weighted by atomic mass is 16.5. The maximum absolute atomic E-state index is 11.4. The predicted octanol–water partition coefficient (Wildman–Crippen LogP) is 1.12. The fourth-order valence-corrected chi connectivity index (χ4v) is 2.70. The highest BCUT2D eigenvalue weighted by Gasteiger charge is 2.23. The Morgan fingerprint density at radius 3 is 2.67 bits per heavy atom. The van der Waals surface area contributed by atoms with Crippen molar-refractivity contribution < 1.29 is 9.53 Å². The second kappa shape index (κ2) is 7.43. The lowest BCUT2D eigenvalue weighted by Crippen LogP contribution is -2.49. The molecule has 1 fully saturated rings. The van der Waals surface area contributed by atoms with Crippen LogP contribution >= 0.6 is 0 Å². The van der Waals surface area contributed by atoms with E-state index in [1.165, 1.54) is 5.56 Å². The molecule has 21 heavy (non-hydrogen) atoms. The standard InChI is InChI=1S/C16H25N3O2/c1-13(14-5-4-6-15(11-14)21-3)19-9-7-18(8-10-19)12-16(20)17-2/h4-6,11,13H,7-10,12H2,1-3H3,(H,17,20). The Kier molecular flexibility index (Phi) is 5.59. The highest BCUT2D eigenvalue weighted by Crippen LogP contribution is 2.24. The van der Waals surface area contributed by atoms with Crippen molar-refractivity contribution in [3.05, 3.63) is 29.8 Å². The SMILES string of the molecule is CNC(=O)CN1CCN(C(C)c2cccc(OC)c2)CC1. The lowest BCUT2D eigenvalue weighted by molar-refractivity contribution is -0.122. The van der Waals surface area contributed by atoms with Crippen molar-refractivity contribution in [2.75, 3.05) is 46.9 Å². The summed E-state index contributed by atoms with van der Waals surface area (Å²) in [4.78, 5) is 16.1. The normalized spacial score (nSPS) is 18.2. The average Bonchev–Trinajstić information content (AvgIpc) is 2.54. The number of hydrogen-bond donors (Lipinski definition) is 1. The van der Waals surface area contributed by atoms with E-state index >= 15 is 0 Å². The maximum Gasteiger partial charge on any atom is 0.233 e. The molecule has 1 heterocycles. The van der Waals surface area contributed by atoms with Gasteiger partial charge in [-0.15, -0.1) is 0 Å². The van der Waals surface area contributed by atoms with Gasteiger partial charge in [-0.25, -0.2) is 0 Å². The summed E-state index contributed by atoms with van der Waals surface area (Å²) >= 11 is 0. The van der Waals surface area contributed by atoms with Crippen molar-refractivity contribution in [3.63, 3.8) is 0 Å². The van der Waals surface area contributed by atoms with Gasteiger partial charge in [-0.1, -0.05) is 12.1 Å². The minimum absolute atomic E-state index is 0.0873. The zero-order chi connectivity index (χ0) is 15.2. The molecule has 0 saturated carbocycles. The predicted molar refractivity (Wildman–Crippen MR) is 83.5 cm³/mol. The van der Waals surface area contributed by atoms with Gasteiger partial charge in [0.1, 0.15) is 5.75 Å². The van der Waals surface area contributed by atoms with Gasteiger partial charge in [0.25, 0.3) is 0 Å². The lowest BCUT2D eigenvalue weighted by Gasteiger charge is -2.37. The highest BCUT2D eigenvalue weighted by molar-refractivity contribution is 5.77. The van der Waals surface area contributed by atoms with Crippen LogP contribution in [0.25, 0.3) is 0 Å². The number of methoxy groups -OCH3 is 1. The molecule has 0 spiro atoms. The number of piperazine rings is 1. The van der Waals surface area contributed by atoms with E-state index in [0.29, 0.717) is 12.6 Å². The fraction of sp³-hybridized carbons (Fsp3) is 0.562. The summed E-state index contributed by atoms with van der Waals surface area (Å²) in [5.74, 6) is 0.988. The van der Waals surface area contributed by atoms with Crippen LogP contribution in [-0.4, -0.2) is 62.6 Å². The minimum atomic E-state index is 0.0873. The van der Waals surface area contributed by atoms with Crippen molar-refractivity contribution in [2.45, 2.75) is 13.0 Å². The lowest BCUT2D eigenvalue weighted by atomic mass is 10.1. The van der Waals surface area contributed by atoms with Crippen LogP contribution < -0.4 is 10.1 Å². The van der Waals surface area contributed by atoms with Crippen molar-refractivity contribution >= 4 is 5.91 Å². The molecule has 2 rings (SSSR count). The molecule has 0 bridgehead atoms. The van der Waals surface area contributed by atoms with E-state index in [-0.39, 0.29) is 5.91 Å². The molecule has 1 aromatic rings. The van der Waals surface area contributed by atoms with E-state index in [4.69, 9.17) is 4.74 Å². The van der Waals surface area contributed by atoms with E-state index in [1.807, 2.05) is 12.1 Å². The third kappa shape index (κ3) is 4.19. The van der Waals surface area contributed by atoms with E-state index in [0.717, 1.165) is 31.9 Å². The van der Waals surface area contributed by atoms with Crippen molar-refractivity contribution in [1.82, 2.24) is 15.1 Å². The summed E-state index contributed by atoms with van der Waals surface area (Å²) in [6.07, 6.45) is 0. The number of nitrogens with zero attached hydrogens (tertiary/aromatic N) is 2. The Morgan fingerprint density at radius 2 is 2.05 bits per heavy atom. The summed E-state index contributed by atoms with van der Waals surface area (Å²) in [6, 6.07) is 8.61. The number of benzene rings is 1. The Hall–Kier alpha value is -1.59. The van der Waals surface area contributed by atoms with Crippen LogP contribution in [0.1, 0.15) is 18.5 Å². The van der Waals surface area contributed by atoms with Crippen LogP contribution in [-0.2, 0) is 4.79 Å². The molecular formula is C16H25N3O2. The Morgan fingerprint density at radius 1 is 1.33 bits per heavy atom. The van der Waals surface area contributed by atoms with Gasteiger partial charge in [-0.3, -0.25) is 14.6 Å². The summed E-state index contributed by atoms with van der Waals surface area (Å²) < 4.78 is 5.29. The average molecular weight is 291 g/mol. The Bertz CT molecular complexity index is 470. The van der Waals surface area contributed by atoms with E-state index in [9.17, 15) is 4.79 Å². The number of likely N-dealkylation sites (N-methyl/N-ethyl adjacent to an activating group) is 1. The van der Waals surface area contributed by atoms with Crippen molar-refractivity contribution in [3.8, 4) is 5.75 Å². The number of ether oxygens (including phenoxy) is 1. The number of carbonyl (C=O) groups is 1. The van der Waals surface area contributed by atoms with Crippen molar-refractivity contribution in [1.29, 1.82) is 0 Å². The van der Waals surface area contributed by atoms with Gasteiger partial charge < -0.3 is 10.1 Å². The van der Waals surface area contributed by atoms with Crippen LogP contribution in [0.2, 0.25) is 0 Å².